The molecule has 1 aliphatic carbocycles. The minimum absolute atomic E-state index is 0.874. The number of hydrogen-bond acceptors (Lipinski definition) is 2. The Balaban J connectivity index is 1.42. The van der Waals surface area contributed by atoms with Gasteiger partial charge in [-0.2, -0.15) is 0 Å². The zero-order chi connectivity index (χ0) is 25.1. The van der Waals surface area contributed by atoms with Gasteiger partial charge in [0.15, 0.2) is 8.07 Å². The average molecular weight is 501 g/mol. The van der Waals surface area contributed by atoms with Crippen molar-refractivity contribution >= 4 is 28.8 Å². The maximum atomic E-state index is 4.96. The fourth-order valence-electron chi connectivity index (χ4n) is 6.75. The molecular formula is C35H24N2Si. The standard InChI is InChI=1S/C35H24N2Si/c1-3-11-26(12-4-1)38(27-13-5-2-6-14-27)32-16-8-7-15-28(32)29-18-17-25(23-33(29)38)35-31-22-24-10-9-20-36-34(24)30(31)19-21-37-35/h1-21,23H,22H2. The first-order valence-electron chi connectivity index (χ1n) is 13.1. The summed E-state index contributed by atoms with van der Waals surface area (Å²) >= 11 is 0. The maximum absolute atomic E-state index is 4.96. The molecule has 0 saturated heterocycles. The van der Waals surface area contributed by atoms with E-state index in [0.29, 0.717) is 0 Å². The van der Waals surface area contributed by atoms with Gasteiger partial charge in [0.2, 0.25) is 0 Å². The van der Waals surface area contributed by atoms with E-state index in [-0.39, 0.29) is 0 Å². The second-order valence-corrected chi connectivity index (χ2v) is 13.9. The number of nitrogens with zero attached hydrogens (tertiary/aromatic N) is 2. The van der Waals surface area contributed by atoms with Crippen molar-refractivity contribution in [1.82, 2.24) is 9.97 Å². The Morgan fingerprint density at radius 1 is 0.500 bits per heavy atom. The second kappa shape index (κ2) is 8.20. The molecular weight excluding hydrogens is 476 g/mol. The van der Waals surface area contributed by atoms with Crippen molar-refractivity contribution in [3.63, 3.8) is 0 Å². The molecule has 0 atom stereocenters. The fourth-order valence-corrected chi connectivity index (χ4v) is 12.0. The van der Waals surface area contributed by atoms with Gasteiger partial charge in [-0.1, -0.05) is 109 Å². The molecule has 2 aliphatic rings. The summed E-state index contributed by atoms with van der Waals surface area (Å²) in [7, 11) is -2.52. The second-order valence-electron chi connectivity index (χ2n) is 10.2. The zero-order valence-corrected chi connectivity index (χ0v) is 21.8. The highest BCUT2D eigenvalue weighted by Gasteiger charge is 2.48. The zero-order valence-electron chi connectivity index (χ0n) is 20.8. The van der Waals surface area contributed by atoms with E-state index in [2.05, 4.69) is 115 Å². The number of fused-ring (bicyclic) bond motifs is 6. The predicted molar refractivity (Wildman–Crippen MR) is 158 cm³/mol. The van der Waals surface area contributed by atoms with Crippen LogP contribution in [0.1, 0.15) is 11.1 Å². The minimum atomic E-state index is -2.52. The topological polar surface area (TPSA) is 25.8 Å². The van der Waals surface area contributed by atoms with Crippen LogP contribution in [0, 0.1) is 0 Å². The van der Waals surface area contributed by atoms with Crippen LogP contribution in [-0.2, 0) is 6.42 Å². The van der Waals surface area contributed by atoms with Crippen LogP contribution < -0.4 is 20.7 Å². The summed E-state index contributed by atoms with van der Waals surface area (Å²) in [5.74, 6) is 0. The molecule has 3 heterocycles. The molecule has 0 radical (unpaired) electrons. The lowest BCUT2D eigenvalue weighted by Gasteiger charge is -2.31. The lowest BCUT2D eigenvalue weighted by Crippen LogP contribution is -2.72. The van der Waals surface area contributed by atoms with Gasteiger partial charge >= 0.3 is 0 Å². The number of benzene rings is 4. The molecule has 4 aromatic carbocycles. The van der Waals surface area contributed by atoms with E-state index < -0.39 is 8.07 Å². The number of aromatic nitrogens is 2. The Morgan fingerprint density at radius 3 is 1.97 bits per heavy atom. The van der Waals surface area contributed by atoms with Crippen molar-refractivity contribution in [2.45, 2.75) is 6.42 Å². The SMILES string of the molecule is c1ccc([Si]2(c3ccccc3)c3ccccc3-c3ccc(-c4nccc5c4Cc4cccnc4-5)cc32)cc1. The van der Waals surface area contributed by atoms with E-state index in [0.717, 1.165) is 17.8 Å². The van der Waals surface area contributed by atoms with Gasteiger partial charge in [0, 0.05) is 29.9 Å². The molecule has 178 valence electrons. The monoisotopic (exact) mass is 500 g/mol. The smallest absolute Gasteiger partial charge is 0.180 e. The largest absolute Gasteiger partial charge is 0.256 e. The number of hydrogen-bond donors (Lipinski definition) is 0. The van der Waals surface area contributed by atoms with Crippen LogP contribution in [0.15, 0.2) is 134 Å². The van der Waals surface area contributed by atoms with Crippen LogP contribution in [0.5, 0.6) is 0 Å². The maximum Gasteiger partial charge on any atom is 0.180 e. The van der Waals surface area contributed by atoms with E-state index in [1.807, 2.05) is 18.5 Å². The highest BCUT2D eigenvalue weighted by molar-refractivity contribution is 7.22. The van der Waals surface area contributed by atoms with Crippen LogP contribution in [0.2, 0.25) is 0 Å². The van der Waals surface area contributed by atoms with Crippen molar-refractivity contribution in [3.8, 4) is 33.6 Å². The molecule has 2 nitrogen and oxygen atoms in total. The summed E-state index contributed by atoms with van der Waals surface area (Å²) in [5, 5.41) is 5.74. The predicted octanol–water partition coefficient (Wildman–Crippen LogP) is 5.07. The summed E-state index contributed by atoms with van der Waals surface area (Å²) in [6.45, 7) is 0. The highest BCUT2D eigenvalue weighted by atomic mass is 28.3. The molecule has 0 saturated carbocycles. The molecule has 6 aromatic rings. The van der Waals surface area contributed by atoms with Crippen molar-refractivity contribution < 1.29 is 0 Å². The van der Waals surface area contributed by atoms with E-state index in [1.165, 1.54) is 54.1 Å². The van der Waals surface area contributed by atoms with Gasteiger partial charge in [-0.15, -0.1) is 0 Å². The normalized spacial score (nSPS) is 13.9. The van der Waals surface area contributed by atoms with Crippen LogP contribution in [-0.4, -0.2) is 18.0 Å². The Bertz CT molecular complexity index is 1800. The van der Waals surface area contributed by atoms with Gasteiger partial charge in [0.05, 0.1) is 11.4 Å². The van der Waals surface area contributed by atoms with Crippen molar-refractivity contribution in [2.75, 3.05) is 0 Å². The Hall–Kier alpha value is -4.60. The van der Waals surface area contributed by atoms with E-state index in [1.54, 1.807) is 0 Å². The summed E-state index contributed by atoms with van der Waals surface area (Å²) < 4.78 is 0. The summed E-state index contributed by atoms with van der Waals surface area (Å²) in [6.07, 6.45) is 4.71. The molecule has 8 rings (SSSR count). The van der Waals surface area contributed by atoms with E-state index in [4.69, 9.17) is 9.97 Å². The summed E-state index contributed by atoms with van der Waals surface area (Å²) in [5.41, 5.74) is 9.83. The van der Waals surface area contributed by atoms with Crippen LogP contribution in [0.4, 0.5) is 0 Å². The van der Waals surface area contributed by atoms with Crippen molar-refractivity contribution in [3.05, 3.63) is 145 Å². The molecule has 0 unspecified atom stereocenters. The molecule has 2 aromatic heterocycles. The quantitative estimate of drug-likeness (QED) is 0.317. The highest BCUT2D eigenvalue weighted by Crippen LogP contribution is 2.40. The van der Waals surface area contributed by atoms with E-state index in [9.17, 15) is 0 Å². The fraction of sp³-hybridized carbons (Fsp3) is 0.0286. The van der Waals surface area contributed by atoms with E-state index >= 15 is 0 Å². The number of rotatable bonds is 3. The summed E-state index contributed by atoms with van der Waals surface area (Å²) in [6, 6.07) is 44.8. The first-order chi connectivity index (χ1) is 18.9. The molecule has 0 amide bonds. The molecule has 0 N–H and O–H groups in total. The van der Waals surface area contributed by atoms with Crippen molar-refractivity contribution in [1.29, 1.82) is 0 Å². The lowest BCUT2D eigenvalue weighted by molar-refractivity contribution is 1.20. The van der Waals surface area contributed by atoms with Gasteiger partial charge in [-0.25, -0.2) is 0 Å². The number of pyridine rings is 2. The molecule has 0 spiro atoms. The van der Waals surface area contributed by atoms with Gasteiger partial charge < -0.3 is 0 Å². The van der Waals surface area contributed by atoms with Crippen molar-refractivity contribution in [2.24, 2.45) is 0 Å². The third-order valence-electron chi connectivity index (χ3n) is 8.30. The molecule has 3 heteroatoms. The van der Waals surface area contributed by atoms with Crippen LogP contribution in [0.25, 0.3) is 33.6 Å². The summed E-state index contributed by atoms with van der Waals surface area (Å²) in [4.78, 5) is 9.66. The Kier molecular flexibility index (Phi) is 4.64. The third-order valence-corrected chi connectivity index (χ3v) is 13.2. The average Bonchev–Trinajstić information content (AvgIpc) is 3.52. The first-order valence-corrected chi connectivity index (χ1v) is 15.1. The minimum Gasteiger partial charge on any atom is -0.256 e. The van der Waals surface area contributed by atoms with Gasteiger partial charge in [-0.3, -0.25) is 9.97 Å². The Morgan fingerprint density at radius 2 is 1.18 bits per heavy atom. The van der Waals surface area contributed by atoms with Crippen LogP contribution in [0.3, 0.4) is 0 Å². The Labute approximate surface area is 223 Å². The molecule has 38 heavy (non-hydrogen) atoms. The van der Waals surface area contributed by atoms with Gasteiger partial charge in [0.1, 0.15) is 0 Å². The van der Waals surface area contributed by atoms with Gasteiger partial charge in [-0.05, 0) is 55.1 Å². The molecule has 0 fully saturated rings. The third kappa shape index (κ3) is 2.88. The first kappa shape index (κ1) is 21.5. The lowest BCUT2D eigenvalue weighted by atomic mass is 9.99. The molecule has 1 aliphatic heterocycles. The van der Waals surface area contributed by atoms with Gasteiger partial charge in [0.25, 0.3) is 0 Å². The van der Waals surface area contributed by atoms with Crippen LogP contribution >= 0.6 is 0 Å². The molecule has 0 bridgehead atoms.